The third-order valence-corrected chi connectivity index (χ3v) is 8.57. The van der Waals surface area contributed by atoms with Gasteiger partial charge in [0.15, 0.2) is 0 Å². The van der Waals surface area contributed by atoms with Crippen LogP contribution in [-0.4, -0.2) is 19.1 Å². The summed E-state index contributed by atoms with van der Waals surface area (Å²) in [4.78, 5) is 12.3. The molecular weight excluding hydrogens is 550 g/mol. The highest BCUT2D eigenvalue weighted by molar-refractivity contribution is 6.11. The lowest BCUT2D eigenvalue weighted by Gasteiger charge is -2.25. The Morgan fingerprint density at radius 3 is 1.60 bits per heavy atom. The van der Waals surface area contributed by atoms with Crippen molar-refractivity contribution in [2.75, 3.05) is 4.90 Å². The number of rotatable bonds is 5. The second kappa shape index (κ2) is 10.2. The minimum Gasteiger partial charge on any atom is -0.295 e. The van der Waals surface area contributed by atoms with Gasteiger partial charge in [0.05, 0.1) is 22.1 Å². The zero-order valence-corrected chi connectivity index (χ0v) is 24.3. The summed E-state index contributed by atoms with van der Waals surface area (Å²) in [5.41, 5.74) is 6.53. The molecule has 5 aromatic carbocycles. The second-order valence-corrected chi connectivity index (χ2v) is 11.1. The SMILES string of the molecule is c1ccc(N(c2ccc3c4ccccc4n(-c4ccccn4)c3c2)c2cccc(-n3c4ccccc4c4ccccc43)n2)cc1. The van der Waals surface area contributed by atoms with E-state index in [1.54, 1.807) is 0 Å². The molecular formula is C40H27N5. The van der Waals surface area contributed by atoms with Gasteiger partial charge in [0.25, 0.3) is 0 Å². The van der Waals surface area contributed by atoms with E-state index in [1.807, 2.05) is 24.4 Å². The molecule has 0 radical (unpaired) electrons. The molecule has 0 amide bonds. The number of aromatic nitrogens is 4. The summed E-state index contributed by atoms with van der Waals surface area (Å²) in [5.74, 6) is 2.59. The average Bonchev–Trinajstić information content (AvgIpc) is 3.62. The highest BCUT2D eigenvalue weighted by Gasteiger charge is 2.20. The van der Waals surface area contributed by atoms with Crippen molar-refractivity contribution in [2.45, 2.75) is 0 Å². The average molecular weight is 578 g/mol. The van der Waals surface area contributed by atoms with Crippen LogP contribution in [0.3, 0.4) is 0 Å². The third kappa shape index (κ3) is 4.02. The van der Waals surface area contributed by atoms with Crippen LogP contribution in [-0.2, 0) is 0 Å². The van der Waals surface area contributed by atoms with Crippen molar-refractivity contribution in [3.8, 4) is 11.6 Å². The van der Waals surface area contributed by atoms with Gasteiger partial charge in [-0.15, -0.1) is 0 Å². The van der Waals surface area contributed by atoms with Gasteiger partial charge in [0.1, 0.15) is 17.5 Å². The molecule has 0 aliphatic carbocycles. The van der Waals surface area contributed by atoms with Gasteiger partial charge in [-0.2, -0.15) is 0 Å². The predicted molar refractivity (Wildman–Crippen MR) is 185 cm³/mol. The van der Waals surface area contributed by atoms with Gasteiger partial charge in [0, 0.05) is 39.1 Å². The zero-order chi connectivity index (χ0) is 29.7. The topological polar surface area (TPSA) is 38.9 Å². The fourth-order valence-electron chi connectivity index (χ4n) is 6.65. The molecule has 45 heavy (non-hydrogen) atoms. The van der Waals surface area contributed by atoms with Gasteiger partial charge in [0.2, 0.25) is 0 Å². The Labute approximate surface area is 259 Å². The summed E-state index contributed by atoms with van der Waals surface area (Å²) in [6, 6.07) is 55.1. The Hall–Kier alpha value is -6.20. The first-order chi connectivity index (χ1) is 22.3. The summed E-state index contributed by atoms with van der Waals surface area (Å²) in [7, 11) is 0. The van der Waals surface area contributed by atoms with E-state index in [1.165, 1.54) is 21.5 Å². The first-order valence-electron chi connectivity index (χ1n) is 15.1. The maximum atomic E-state index is 5.34. The minimum atomic E-state index is 0.834. The van der Waals surface area contributed by atoms with Crippen LogP contribution in [0.25, 0.3) is 55.2 Å². The van der Waals surface area contributed by atoms with Crippen molar-refractivity contribution >= 4 is 60.8 Å². The van der Waals surface area contributed by atoms with Crippen molar-refractivity contribution in [3.63, 3.8) is 0 Å². The van der Waals surface area contributed by atoms with E-state index >= 15 is 0 Å². The number of hydrogen-bond donors (Lipinski definition) is 0. The van der Waals surface area contributed by atoms with E-state index in [2.05, 4.69) is 154 Å². The number of hydrogen-bond acceptors (Lipinski definition) is 3. The molecule has 0 aliphatic rings. The fourth-order valence-corrected chi connectivity index (χ4v) is 6.65. The smallest absolute Gasteiger partial charge is 0.140 e. The molecule has 212 valence electrons. The molecule has 0 aliphatic heterocycles. The summed E-state index contributed by atoms with van der Waals surface area (Å²) >= 11 is 0. The van der Waals surface area contributed by atoms with Crippen LogP contribution in [0.15, 0.2) is 164 Å². The number of fused-ring (bicyclic) bond motifs is 6. The molecule has 5 heteroatoms. The highest BCUT2D eigenvalue weighted by atomic mass is 15.2. The van der Waals surface area contributed by atoms with E-state index in [-0.39, 0.29) is 0 Å². The predicted octanol–water partition coefficient (Wildman–Crippen LogP) is 10.1. The van der Waals surface area contributed by atoms with E-state index in [9.17, 15) is 0 Å². The van der Waals surface area contributed by atoms with Crippen LogP contribution in [0.4, 0.5) is 17.2 Å². The van der Waals surface area contributed by atoms with Crippen LogP contribution in [0.1, 0.15) is 0 Å². The molecule has 4 aromatic heterocycles. The molecule has 0 spiro atoms. The number of para-hydroxylation sites is 4. The second-order valence-electron chi connectivity index (χ2n) is 11.1. The van der Waals surface area contributed by atoms with Gasteiger partial charge >= 0.3 is 0 Å². The summed E-state index contributed by atoms with van der Waals surface area (Å²) in [6.45, 7) is 0. The number of nitrogens with zero attached hydrogens (tertiary/aromatic N) is 5. The van der Waals surface area contributed by atoms with Crippen LogP contribution in [0.2, 0.25) is 0 Å². The third-order valence-electron chi connectivity index (χ3n) is 8.57. The zero-order valence-electron chi connectivity index (χ0n) is 24.3. The molecule has 9 rings (SSSR count). The fraction of sp³-hybridized carbons (Fsp3) is 0. The van der Waals surface area contributed by atoms with Gasteiger partial charge in [-0.1, -0.05) is 91.0 Å². The molecule has 0 saturated heterocycles. The highest BCUT2D eigenvalue weighted by Crippen LogP contribution is 2.39. The van der Waals surface area contributed by atoms with Crippen LogP contribution in [0.5, 0.6) is 0 Å². The minimum absolute atomic E-state index is 0.834. The molecule has 5 nitrogen and oxygen atoms in total. The van der Waals surface area contributed by atoms with Crippen molar-refractivity contribution in [3.05, 3.63) is 164 Å². The van der Waals surface area contributed by atoms with Gasteiger partial charge in [-0.05, 0) is 66.7 Å². The summed E-state index contributed by atoms with van der Waals surface area (Å²) in [5, 5.41) is 4.81. The van der Waals surface area contributed by atoms with Crippen molar-refractivity contribution in [2.24, 2.45) is 0 Å². The Morgan fingerprint density at radius 2 is 0.956 bits per heavy atom. The molecule has 0 N–H and O–H groups in total. The van der Waals surface area contributed by atoms with Crippen molar-refractivity contribution < 1.29 is 0 Å². The van der Waals surface area contributed by atoms with E-state index in [4.69, 9.17) is 9.97 Å². The number of pyridine rings is 2. The van der Waals surface area contributed by atoms with E-state index in [0.29, 0.717) is 0 Å². The molecule has 0 unspecified atom stereocenters. The van der Waals surface area contributed by atoms with Gasteiger partial charge < -0.3 is 0 Å². The largest absolute Gasteiger partial charge is 0.295 e. The number of benzene rings is 5. The molecule has 4 heterocycles. The number of anilines is 3. The summed E-state index contributed by atoms with van der Waals surface area (Å²) < 4.78 is 4.51. The van der Waals surface area contributed by atoms with Crippen molar-refractivity contribution in [1.82, 2.24) is 19.1 Å². The monoisotopic (exact) mass is 577 g/mol. The lowest BCUT2D eigenvalue weighted by atomic mass is 10.1. The first-order valence-corrected chi connectivity index (χ1v) is 15.1. The normalized spacial score (nSPS) is 11.6. The molecule has 0 fully saturated rings. The Balaban J connectivity index is 1.28. The molecule has 0 bridgehead atoms. The van der Waals surface area contributed by atoms with Gasteiger partial charge in [-0.25, -0.2) is 9.97 Å². The Bertz CT molecular complexity index is 2440. The van der Waals surface area contributed by atoms with E-state index < -0.39 is 0 Å². The Morgan fingerprint density at radius 1 is 0.400 bits per heavy atom. The molecule has 0 atom stereocenters. The van der Waals surface area contributed by atoms with Crippen LogP contribution >= 0.6 is 0 Å². The van der Waals surface area contributed by atoms with Crippen LogP contribution in [0, 0.1) is 0 Å². The Kier molecular flexibility index (Phi) is 5.74. The van der Waals surface area contributed by atoms with E-state index in [0.717, 1.165) is 50.9 Å². The molecule has 9 aromatic rings. The van der Waals surface area contributed by atoms with Crippen LogP contribution < -0.4 is 4.90 Å². The summed E-state index contributed by atoms with van der Waals surface area (Å²) in [6.07, 6.45) is 1.85. The lowest BCUT2D eigenvalue weighted by Crippen LogP contribution is -2.13. The van der Waals surface area contributed by atoms with Crippen molar-refractivity contribution in [1.29, 1.82) is 0 Å². The van der Waals surface area contributed by atoms with Gasteiger partial charge in [-0.3, -0.25) is 14.0 Å². The first kappa shape index (κ1) is 25.3. The molecule has 0 saturated carbocycles. The standard InChI is InChI=1S/C40H27N5/c1-2-13-28(14-3-1)43(29-24-25-33-32-17-6-9-20-36(32)45(37(33)27-29)38-21-10-11-26-41-38)39-22-12-23-40(42-39)44-34-18-7-4-15-30(34)31-16-5-8-19-35(31)44/h1-27H. The quantitative estimate of drug-likeness (QED) is 0.204. The maximum absolute atomic E-state index is 5.34. The maximum Gasteiger partial charge on any atom is 0.140 e. The lowest BCUT2D eigenvalue weighted by molar-refractivity contribution is 1.06.